The van der Waals surface area contributed by atoms with Crippen LogP contribution in [-0.4, -0.2) is 36.7 Å². The van der Waals surface area contributed by atoms with Gasteiger partial charge in [-0.15, -0.1) is 24.0 Å². The maximum Gasteiger partial charge on any atom is 0.191 e. The molecule has 1 fully saturated rings. The van der Waals surface area contributed by atoms with Gasteiger partial charge in [0.25, 0.3) is 0 Å². The van der Waals surface area contributed by atoms with Crippen LogP contribution in [-0.2, 0) is 0 Å². The molecule has 1 aromatic heterocycles. The number of aromatic nitrogens is 1. The molecule has 130 valence electrons. The first kappa shape index (κ1) is 20.0. The summed E-state index contributed by atoms with van der Waals surface area (Å²) in [4.78, 5) is 8.62. The second-order valence-corrected chi connectivity index (χ2v) is 5.91. The molecule has 0 saturated heterocycles. The Kier molecular flexibility index (Phi) is 9.98. The zero-order valence-corrected chi connectivity index (χ0v) is 16.5. The van der Waals surface area contributed by atoms with E-state index < -0.39 is 0 Å². The predicted octanol–water partition coefficient (Wildman–Crippen LogP) is 3.21. The summed E-state index contributed by atoms with van der Waals surface area (Å²) in [5.74, 6) is 2.50. The fourth-order valence-corrected chi connectivity index (χ4v) is 2.83. The number of halogens is 1. The second kappa shape index (κ2) is 11.5. The molecule has 1 aliphatic rings. The summed E-state index contributed by atoms with van der Waals surface area (Å²) in [6.45, 7) is 6.49. The Morgan fingerprint density at radius 3 is 3.00 bits per heavy atom. The smallest absolute Gasteiger partial charge is 0.191 e. The second-order valence-electron chi connectivity index (χ2n) is 5.91. The van der Waals surface area contributed by atoms with E-state index in [0.29, 0.717) is 19.2 Å². The number of pyridine rings is 1. The van der Waals surface area contributed by atoms with E-state index in [-0.39, 0.29) is 24.0 Å². The Hall–Kier alpha value is -1.05. The lowest BCUT2D eigenvalue weighted by atomic mass is 9.87. The Morgan fingerprint density at radius 2 is 2.30 bits per heavy atom. The van der Waals surface area contributed by atoms with Gasteiger partial charge >= 0.3 is 0 Å². The highest BCUT2D eigenvalue weighted by atomic mass is 127. The SMILES string of the molecule is CCNC(=NCCOc1cccnc1)NC1CCCC(C)C1.I. The number of hydrogen-bond donors (Lipinski definition) is 2. The normalized spacial score (nSPS) is 21.2. The molecule has 1 heterocycles. The molecule has 1 aromatic rings. The molecule has 0 spiro atoms. The molecule has 2 atom stereocenters. The van der Waals surface area contributed by atoms with Crippen molar-refractivity contribution in [3.05, 3.63) is 24.5 Å². The first-order chi connectivity index (χ1) is 10.8. The van der Waals surface area contributed by atoms with Crippen molar-refractivity contribution in [1.82, 2.24) is 15.6 Å². The van der Waals surface area contributed by atoms with Crippen LogP contribution < -0.4 is 15.4 Å². The van der Waals surface area contributed by atoms with Crippen molar-refractivity contribution >= 4 is 29.9 Å². The molecule has 2 N–H and O–H groups in total. The van der Waals surface area contributed by atoms with Gasteiger partial charge in [0.15, 0.2) is 5.96 Å². The molecule has 0 amide bonds. The third-order valence-corrected chi connectivity index (χ3v) is 3.89. The van der Waals surface area contributed by atoms with Gasteiger partial charge in [0, 0.05) is 18.8 Å². The molecule has 0 aliphatic heterocycles. The van der Waals surface area contributed by atoms with Crippen LogP contribution in [0.1, 0.15) is 39.5 Å². The average molecular weight is 432 g/mol. The van der Waals surface area contributed by atoms with Gasteiger partial charge in [-0.3, -0.25) is 4.98 Å². The molecule has 0 bridgehead atoms. The van der Waals surface area contributed by atoms with Crippen molar-refractivity contribution in [3.63, 3.8) is 0 Å². The summed E-state index contributed by atoms with van der Waals surface area (Å²) in [6, 6.07) is 4.32. The van der Waals surface area contributed by atoms with Crippen molar-refractivity contribution in [2.24, 2.45) is 10.9 Å². The van der Waals surface area contributed by atoms with Gasteiger partial charge in [-0.1, -0.05) is 19.8 Å². The Balaban J connectivity index is 0.00000264. The van der Waals surface area contributed by atoms with E-state index in [9.17, 15) is 0 Å². The van der Waals surface area contributed by atoms with Crippen LogP contribution in [0, 0.1) is 5.92 Å². The third kappa shape index (κ3) is 7.85. The van der Waals surface area contributed by atoms with E-state index in [0.717, 1.165) is 24.2 Å². The minimum Gasteiger partial charge on any atom is -0.490 e. The van der Waals surface area contributed by atoms with Gasteiger partial charge in [-0.25, -0.2) is 4.99 Å². The molecular formula is C17H29IN4O. The summed E-state index contributed by atoms with van der Waals surface area (Å²) >= 11 is 0. The van der Waals surface area contributed by atoms with E-state index in [2.05, 4.69) is 34.5 Å². The lowest BCUT2D eigenvalue weighted by molar-refractivity contribution is 0.320. The molecule has 5 nitrogen and oxygen atoms in total. The fraction of sp³-hybridized carbons (Fsp3) is 0.647. The maximum atomic E-state index is 5.62. The molecule has 0 aromatic carbocycles. The molecule has 1 aliphatic carbocycles. The molecule has 1 saturated carbocycles. The Bertz CT molecular complexity index is 455. The summed E-state index contributed by atoms with van der Waals surface area (Å²) in [6.07, 6.45) is 8.59. The van der Waals surface area contributed by atoms with E-state index >= 15 is 0 Å². The fourth-order valence-electron chi connectivity index (χ4n) is 2.83. The molecule has 2 rings (SSSR count). The minimum atomic E-state index is 0. The predicted molar refractivity (Wildman–Crippen MR) is 106 cm³/mol. The molecule has 2 unspecified atom stereocenters. The zero-order chi connectivity index (χ0) is 15.6. The average Bonchev–Trinajstić information content (AvgIpc) is 2.53. The van der Waals surface area contributed by atoms with Gasteiger partial charge in [-0.05, 0) is 37.8 Å². The highest BCUT2D eigenvalue weighted by molar-refractivity contribution is 14.0. The summed E-state index contributed by atoms with van der Waals surface area (Å²) in [5.41, 5.74) is 0. The first-order valence-corrected chi connectivity index (χ1v) is 8.35. The molecular weight excluding hydrogens is 403 g/mol. The van der Waals surface area contributed by atoms with Gasteiger partial charge in [0.1, 0.15) is 12.4 Å². The van der Waals surface area contributed by atoms with Gasteiger partial charge in [0.05, 0.1) is 12.7 Å². The quantitative estimate of drug-likeness (QED) is 0.314. The standard InChI is InChI=1S/C17H28N4O.HI/c1-3-19-17(21-15-7-4-6-14(2)12-15)20-10-11-22-16-8-5-9-18-13-16;/h5,8-9,13-15H,3-4,6-7,10-12H2,1-2H3,(H2,19,20,21);1H. The van der Waals surface area contributed by atoms with Crippen LogP contribution in [0.15, 0.2) is 29.5 Å². The number of aliphatic imine (C=N–C) groups is 1. The lowest BCUT2D eigenvalue weighted by Gasteiger charge is -2.28. The Morgan fingerprint density at radius 1 is 1.43 bits per heavy atom. The van der Waals surface area contributed by atoms with Gasteiger partial charge in [0.2, 0.25) is 0 Å². The van der Waals surface area contributed by atoms with Crippen molar-refractivity contribution < 1.29 is 4.74 Å². The molecule has 23 heavy (non-hydrogen) atoms. The van der Waals surface area contributed by atoms with Gasteiger partial charge < -0.3 is 15.4 Å². The summed E-state index contributed by atoms with van der Waals surface area (Å²) in [7, 11) is 0. The van der Waals surface area contributed by atoms with E-state index in [1.807, 2.05) is 12.1 Å². The van der Waals surface area contributed by atoms with Crippen LogP contribution >= 0.6 is 24.0 Å². The highest BCUT2D eigenvalue weighted by Crippen LogP contribution is 2.23. The van der Waals surface area contributed by atoms with Crippen molar-refractivity contribution in [1.29, 1.82) is 0 Å². The highest BCUT2D eigenvalue weighted by Gasteiger charge is 2.19. The largest absolute Gasteiger partial charge is 0.490 e. The van der Waals surface area contributed by atoms with E-state index in [4.69, 9.17) is 4.74 Å². The van der Waals surface area contributed by atoms with Crippen molar-refractivity contribution in [3.8, 4) is 5.75 Å². The number of nitrogens with zero attached hydrogens (tertiary/aromatic N) is 2. The monoisotopic (exact) mass is 432 g/mol. The number of nitrogens with one attached hydrogen (secondary N) is 2. The number of guanidine groups is 1. The van der Waals surface area contributed by atoms with Crippen LogP contribution in [0.5, 0.6) is 5.75 Å². The number of hydrogen-bond acceptors (Lipinski definition) is 3. The Labute approximate surface area is 156 Å². The topological polar surface area (TPSA) is 58.5 Å². The van der Waals surface area contributed by atoms with E-state index in [1.165, 1.54) is 25.7 Å². The van der Waals surface area contributed by atoms with Crippen LogP contribution in [0.2, 0.25) is 0 Å². The van der Waals surface area contributed by atoms with Crippen LogP contribution in [0.25, 0.3) is 0 Å². The third-order valence-electron chi connectivity index (χ3n) is 3.89. The van der Waals surface area contributed by atoms with Crippen LogP contribution in [0.3, 0.4) is 0 Å². The van der Waals surface area contributed by atoms with Crippen molar-refractivity contribution in [2.45, 2.75) is 45.6 Å². The number of ether oxygens (including phenoxy) is 1. The molecule has 0 radical (unpaired) electrons. The van der Waals surface area contributed by atoms with Crippen LogP contribution in [0.4, 0.5) is 0 Å². The maximum absolute atomic E-state index is 5.62. The number of rotatable bonds is 6. The van der Waals surface area contributed by atoms with Gasteiger partial charge in [-0.2, -0.15) is 0 Å². The lowest BCUT2D eigenvalue weighted by Crippen LogP contribution is -2.45. The molecule has 6 heteroatoms. The summed E-state index contributed by atoms with van der Waals surface area (Å²) < 4.78 is 5.62. The summed E-state index contributed by atoms with van der Waals surface area (Å²) in [5, 5.41) is 6.87. The van der Waals surface area contributed by atoms with E-state index in [1.54, 1.807) is 12.4 Å². The van der Waals surface area contributed by atoms with Crippen molar-refractivity contribution in [2.75, 3.05) is 19.7 Å². The minimum absolute atomic E-state index is 0. The first-order valence-electron chi connectivity index (χ1n) is 8.35. The zero-order valence-electron chi connectivity index (χ0n) is 14.1.